The van der Waals surface area contributed by atoms with E-state index >= 15 is 0 Å². The average Bonchev–Trinajstić information content (AvgIpc) is 3.23. The van der Waals surface area contributed by atoms with Crippen LogP contribution in [0.2, 0.25) is 0 Å². The van der Waals surface area contributed by atoms with Crippen LogP contribution in [0, 0.1) is 6.92 Å². The summed E-state index contributed by atoms with van der Waals surface area (Å²) in [6.45, 7) is 1.83. The third-order valence-corrected chi connectivity index (χ3v) is 8.10. The first-order valence-corrected chi connectivity index (χ1v) is 12.5. The lowest BCUT2D eigenvalue weighted by Gasteiger charge is -2.49. The van der Waals surface area contributed by atoms with Crippen molar-refractivity contribution in [2.24, 2.45) is 5.16 Å². The summed E-state index contributed by atoms with van der Waals surface area (Å²) in [7, 11) is 1.25. The molecule has 0 spiro atoms. The molecule has 1 saturated heterocycles. The number of carboxylic acid groups (broad SMARTS) is 1. The van der Waals surface area contributed by atoms with Gasteiger partial charge in [-0.25, -0.2) is 14.8 Å². The van der Waals surface area contributed by atoms with Crippen LogP contribution >= 0.6 is 34.9 Å². The standard InChI is InChI=1S/C18H18N8O5S3/c1-7-23-24-18(34-7)33-6-8-5-32-16-11(15(28)26(16)12(8)17(29)30)22-14(27)10(25-31-2)13-20-4-3-9(19)21-13/h3-4,11,16H,5-6H2,1-2H3,(H,22,27)(H,29,30)(H2,19,20,21)/t11?,16-/m1/s1. The van der Waals surface area contributed by atoms with Crippen molar-refractivity contribution >= 4 is 64.2 Å². The van der Waals surface area contributed by atoms with Crippen LogP contribution in [0.3, 0.4) is 0 Å². The number of fused-ring (bicyclic) bond motifs is 1. The second-order valence-corrected chi connectivity index (χ2v) is 10.4. The number of aromatic nitrogens is 4. The first kappa shape index (κ1) is 23.9. The molecule has 2 amide bonds. The molecule has 0 aliphatic carbocycles. The molecule has 16 heteroatoms. The molecule has 13 nitrogen and oxygen atoms in total. The number of rotatable bonds is 8. The summed E-state index contributed by atoms with van der Waals surface area (Å²) in [6.07, 6.45) is 1.36. The second kappa shape index (κ2) is 9.94. The van der Waals surface area contributed by atoms with Gasteiger partial charge in [-0.3, -0.25) is 14.5 Å². The van der Waals surface area contributed by atoms with E-state index in [4.69, 9.17) is 10.6 Å². The molecule has 34 heavy (non-hydrogen) atoms. The quantitative estimate of drug-likeness (QED) is 0.184. The molecule has 2 atom stereocenters. The lowest BCUT2D eigenvalue weighted by molar-refractivity contribution is -0.150. The third kappa shape index (κ3) is 4.69. The van der Waals surface area contributed by atoms with Gasteiger partial charge in [0, 0.05) is 17.7 Å². The van der Waals surface area contributed by atoms with Crippen molar-refractivity contribution in [2.45, 2.75) is 22.7 Å². The van der Waals surface area contributed by atoms with Crippen LogP contribution in [0.1, 0.15) is 10.8 Å². The number of thioether (sulfide) groups is 2. The van der Waals surface area contributed by atoms with Gasteiger partial charge in [0.25, 0.3) is 11.8 Å². The van der Waals surface area contributed by atoms with Crippen LogP contribution in [0.4, 0.5) is 5.82 Å². The predicted molar refractivity (Wildman–Crippen MR) is 125 cm³/mol. The van der Waals surface area contributed by atoms with E-state index in [0.717, 1.165) is 9.35 Å². The highest BCUT2D eigenvalue weighted by Gasteiger charge is 2.54. The number of nitrogens with one attached hydrogen (secondary N) is 1. The Hall–Kier alpha value is -3.24. The first-order valence-electron chi connectivity index (χ1n) is 9.64. The number of carbonyl (C=O) groups excluding carboxylic acids is 2. The van der Waals surface area contributed by atoms with Gasteiger partial charge in [-0.05, 0) is 18.6 Å². The molecule has 2 aromatic heterocycles. The molecular weight excluding hydrogens is 504 g/mol. The summed E-state index contributed by atoms with van der Waals surface area (Å²) in [5, 5.41) is 24.3. The molecule has 4 heterocycles. The molecule has 178 valence electrons. The van der Waals surface area contributed by atoms with Crippen LogP contribution in [0.25, 0.3) is 0 Å². The largest absolute Gasteiger partial charge is 0.477 e. The van der Waals surface area contributed by atoms with Gasteiger partial charge >= 0.3 is 5.97 Å². The molecule has 0 saturated carbocycles. The summed E-state index contributed by atoms with van der Waals surface area (Å²) in [5.74, 6) is -1.71. The van der Waals surface area contributed by atoms with Gasteiger partial charge in [0.2, 0.25) is 5.71 Å². The molecule has 2 aliphatic heterocycles. The topological polar surface area (TPSA) is 186 Å². The highest BCUT2D eigenvalue weighted by atomic mass is 32.2. The molecule has 0 aromatic carbocycles. The van der Waals surface area contributed by atoms with Gasteiger partial charge in [0.05, 0.1) is 0 Å². The zero-order chi connectivity index (χ0) is 24.4. The zero-order valence-corrected chi connectivity index (χ0v) is 20.2. The lowest BCUT2D eigenvalue weighted by atomic mass is 10.0. The number of amides is 2. The zero-order valence-electron chi connectivity index (χ0n) is 17.8. The van der Waals surface area contributed by atoms with Crippen molar-refractivity contribution in [3.63, 3.8) is 0 Å². The number of nitrogens with two attached hydrogens (primary N) is 1. The van der Waals surface area contributed by atoms with Crippen molar-refractivity contribution < 1.29 is 24.3 Å². The highest BCUT2D eigenvalue weighted by molar-refractivity contribution is 8.01. The maximum atomic E-state index is 12.9. The van der Waals surface area contributed by atoms with Gasteiger partial charge in [-0.1, -0.05) is 28.3 Å². The van der Waals surface area contributed by atoms with Crippen LogP contribution in [-0.2, 0) is 19.2 Å². The molecule has 2 aromatic rings. The number of β-lactam (4-membered cyclic amide) rings is 1. The minimum Gasteiger partial charge on any atom is -0.477 e. The molecule has 0 bridgehead atoms. The lowest BCUT2D eigenvalue weighted by Crippen LogP contribution is -2.71. The maximum absolute atomic E-state index is 12.9. The fourth-order valence-electron chi connectivity index (χ4n) is 3.25. The van der Waals surface area contributed by atoms with Gasteiger partial charge in [-0.15, -0.1) is 22.0 Å². The molecule has 1 fully saturated rings. The number of aliphatic carboxylic acids is 1. The second-order valence-electron chi connectivity index (χ2n) is 6.92. The smallest absolute Gasteiger partial charge is 0.352 e. The van der Waals surface area contributed by atoms with Crippen LogP contribution in [-0.4, -0.2) is 83.7 Å². The van der Waals surface area contributed by atoms with Crippen LogP contribution < -0.4 is 11.1 Å². The minimum atomic E-state index is -1.21. The van der Waals surface area contributed by atoms with Crippen molar-refractivity contribution in [3.8, 4) is 0 Å². The number of hydrogen-bond donors (Lipinski definition) is 3. The Morgan fingerprint density at radius 3 is 2.88 bits per heavy atom. The van der Waals surface area contributed by atoms with Crippen LogP contribution in [0.5, 0.6) is 0 Å². The van der Waals surface area contributed by atoms with Crippen LogP contribution in [0.15, 0.2) is 33.0 Å². The van der Waals surface area contributed by atoms with E-state index in [-0.39, 0.29) is 23.1 Å². The van der Waals surface area contributed by atoms with Gasteiger partial charge < -0.3 is 21.0 Å². The van der Waals surface area contributed by atoms with Gasteiger partial charge in [-0.2, -0.15) is 0 Å². The highest BCUT2D eigenvalue weighted by Crippen LogP contribution is 2.41. The number of nitrogen functional groups attached to an aromatic ring is 1. The summed E-state index contributed by atoms with van der Waals surface area (Å²) < 4.78 is 0.718. The number of aryl methyl sites for hydroxylation is 1. The maximum Gasteiger partial charge on any atom is 0.352 e. The molecule has 1 unspecified atom stereocenters. The van der Waals surface area contributed by atoms with Crippen molar-refractivity contribution in [3.05, 3.63) is 34.4 Å². The third-order valence-electron chi connectivity index (χ3n) is 4.70. The Morgan fingerprint density at radius 2 is 2.24 bits per heavy atom. The summed E-state index contributed by atoms with van der Waals surface area (Å²) >= 11 is 4.14. The van der Waals surface area contributed by atoms with E-state index in [0.29, 0.717) is 17.1 Å². The number of carboxylic acids is 1. The number of carbonyl (C=O) groups is 3. The van der Waals surface area contributed by atoms with E-state index in [9.17, 15) is 19.5 Å². The van der Waals surface area contributed by atoms with E-state index in [1.807, 2.05) is 6.92 Å². The Kier molecular flexibility index (Phi) is 6.99. The molecule has 2 aliphatic rings. The monoisotopic (exact) mass is 522 g/mol. The predicted octanol–water partition coefficient (Wildman–Crippen LogP) is 0.100. The number of hydrogen-bond acceptors (Lipinski definition) is 13. The molecule has 4 rings (SSSR count). The van der Waals surface area contributed by atoms with E-state index in [2.05, 4.69) is 30.6 Å². The Balaban J connectivity index is 1.49. The van der Waals surface area contributed by atoms with Crippen molar-refractivity contribution in [1.82, 2.24) is 30.4 Å². The first-order chi connectivity index (χ1) is 16.3. The van der Waals surface area contributed by atoms with Crippen molar-refractivity contribution in [2.75, 3.05) is 24.3 Å². The number of nitrogens with zero attached hydrogens (tertiary/aromatic N) is 6. The van der Waals surface area contributed by atoms with E-state index < -0.39 is 29.2 Å². The van der Waals surface area contributed by atoms with E-state index in [1.165, 1.54) is 59.1 Å². The van der Waals surface area contributed by atoms with Gasteiger partial charge in [0.15, 0.2) is 10.2 Å². The molecule has 0 radical (unpaired) electrons. The minimum absolute atomic E-state index is 0.0714. The van der Waals surface area contributed by atoms with Gasteiger partial charge in [0.1, 0.15) is 35.0 Å². The normalized spacial score (nSPS) is 20.0. The fraction of sp³-hybridized carbons (Fsp3) is 0.333. The Morgan fingerprint density at radius 1 is 1.44 bits per heavy atom. The summed E-state index contributed by atoms with van der Waals surface area (Å²) in [5.41, 5.74) is 5.91. The molecule has 4 N–H and O–H groups in total. The summed E-state index contributed by atoms with van der Waals surface area (Å²) in [6, 6.07) is 0.495. The fourth-order valence-corrected chi connectivity index (χ4v) is 6.55. The Labute approximate surface area is 205 Å². The van der Waals surface area contributed by atoms with Crippen molar-refractivity contribution in [1.29, 1.82) is 0 Å². The number of anilines is 1. The van der Waals surface area contributed by atoms with E-state index in [1.54, 1.807) is 0 Å². The Bertz CT molecular complexity index is 1220. The summed E-state index contributed by atoms with van der Waals surface area (Å²) in [4.78, 5) is 51.6. The average molecular weight is 523 g/mol. The number of oxime groups is 1. The molecular formula is C18H18N8O5S3. The SMILES string of the molecule is CON=C(C(=O)NC1C(=O)N2C(C(=O)O)=C(CSc3nnc(C)s3)CS[C@H]12)c1nccc(N)n1.